The summed E-state index contributed by atoms with van der Waals surface area (Å²) in [6.07, 6.45) is 2.89. The number of nitrogens with zero attached hydrogens (tertiary/aromatic N) is 3. The number of guanidine groups is 1. The molecule has 0 radical (unpaired) electrons. The first-order valence-electron chi connectivity index (χ1n) is 9.11. The number of halogens is 2. The molecule has 0 saturated carbocycles. The van der Waals surface area contributed by atoms with Crippen LogP contribution in [0.3, 0.4) is 0 Å². The highest BCUT2D eigenvalue weighted by atomic mass is 127. The molecule has 1 aromatic heterocycles. The first kappa shape index (κ1) is 21.8. The summed E-state index contributed by atoms with van der Waals surface area (Å²) in [7, 11) is 0. The van der Waals surface area contributed by atoms with Gasteiger partial charge in [0.2, 0.25) is 0 Å². The second kappa shape index (κ2) is 10.7. The maximum absolute atomic E-state index is 6.12. The molecule has 1 saturated heterocycles. The van der Waals surface area contributed by atoms with E-state index in [-0.39, 0.29) is 24.0 Å². The lowest BCUT2D eigenvalue weighted by atomic mass is 10.2. The van der Waals surface area contributed by atoms with Crippen molar-refractivity contribution in [3.63, 3.8) is 0 Å². The Bertz CT molecular complexity index is 768. The van der Waals surface area contributed by atoms with Gasteiger partial charge in [0.1, 0.15) is 0 Å². The van der Waals surface area contributed by atoms with Gasteiger partial charge in [0.05, 0.1) is 12.2 Å². The summed E-state index contributed by atoms with van der Waals surface area (Å²) < 4.78 is 0. The number of aromatic nitrogens is 1. The second-order valence-electron chi connectivity index (χ2n) is 6.52. The highest BCUT2D eigenvalue weighted by Crippen LogP contribution is 2.23. The minimum atomic E-state index is 0. The summed E-state index contributed by atoms with van der Waals surface area (Å²) in [5.74, 6) is 0.843. The van der Waals surface area contributed by atoms with Crippen molar-refractivity contribution in [1.82, 2.24) is 15.6 Å². The van der Waals surface area contributed by atoms with Crippen LogP contribution < -0.4 is 15.5 Å². The molecule has 3 rings (SSSR count). The van der Waals surface area contributed by atoms with Crippen molar-refractivity contribution in [2.24, 2.45) is 4.99 Å². The van der Waals surface area contributed by atoms with Gasteiger partial charge in [-0.25, -0.2) is 4.99 Å². The normalized spacial score (nSPS) is 16.8. The fraction of sp³-hybridized carbons (Fsp3) is 0.400. The molecule has 1 fully saturated rings. The molecule has 1 aliphatic heterocycles. The Hall–Kier alpha value is -1.54. The van der Waals surface area contributed by atoms with Crippen LogP contribution in [0.15, 0.2) is 47.6 Å². The van der Waals surface area contributed by atoms with Crippen molar-refractivity contribution < 1.29 is 0 Å². The quantitative estimate of drug-likeness (QED) is 0.371. The number of nitrogens with one attached hydrogen (secondary N) is 2. The molecule has 0 bridgehead atoms. The van der Waals surface area contributed by atoms with Crippen LogP contribution in [0.25, 0.3) is 0 Å². The largest absolute Gasteiger partial charge is 0.369 e. The third-order valence-corrected chi connectivity index (χ3v) is 4.79. The van der Waals surface area contributed by atoms with E-state index in [1.54, 1.807) is 0 Å². The Balaban J connectivity index is 0.00000261. The molecule has 0 aliphatic carbocycles. The number of aliphatic imine (C=N–C) groups is 1. The van der Waals surface area contributed by atoms with Gasteiger partial charge < -0.3 is 15.5 Å². The van der Waals surface area contributed by atoms with Crippen LogP contribution in [0, 0.1) is 6.92 Å². The van der Waals surface area contributed by atoms with Crippen LogP contribution in [0.2, 0.25) is 5.02 Å². The van der Waals surface area contributed by atoms with Gasteiger partial charge >= 0.3 is 0 Å². The summed E-state index contributed by atoms with van der Waals surface area (Å²) in [5.41, 5.74) is 3.35. The molecule has 2 N–H and O–H groups in total. The molecule has 0 amide bonds. The Morgan fingerprint density at radius 3 is 2.93 bits per heavy atom. The number of rotatable bonds is 5. The highest BCUT2D eigenvalue weighted by Gasteiger charge is 2.23. The molecular weight excluding hydrogens is 473 g/mol. The van der Waals surface area contributed by atoms with E-state index < -0.39 is 0 Å². The van der Waals surface area contributed by atoms with E-state index >= 15 is 0 Å². The molecule has 7 heteroatoms. The summed E-state index contributed by atoms with van der Waals surface area (Å²) in [6, 6.07) is 12.4. The minimum absolute atomic E-state index is 0. The van der Waals surface area contributed by atoms with Crippen LogP contribution in [0.4, 0.5) is 5.69 Å². The second-order valence-corrected chi connectivity index (χ2v) is 6.95. The molecular formula is C20H27ClIN5. The lowest BCUT2D eigenvalue weighted by Crippen LogP contribution is -2.44. The molecule has 1 atom stereocenters. The molecule has 1 unspecified atom stereocenters. The maximum Gasteiger partial charge on any atom is 0.191 e. The van der Waals surface area contributed by atoms with Crippen molar-refractivity contribution in [3.8, 4) is 0 Å². The molecule has 2 aromatic rings. The minimum Gasteiger partial charge on any atom is -0.369 e. The zero-order valence-corrected chi connectivity index (χ0v) is 18.9. The average Bonchev–Trinajstić information content (AvgIpc) is 3.10. The molecule has 5 nitrogen and oxygen atoms in total. The Labute approximate surface area is 183 Å². The predicted octanol–water partition coefficient (Wildman–Crippen LogP) is 4.00. The van der Waals surface area contributed by atoms with Gasteiger partial charge in [0.15, 0.2) is 5.96 Å². The number of hydrogen-bond acceptors (Lipinski definition) is 3. The van der Waals surface area contributed by atoms with E-state index in [4.69, 9.17) is 16.6 Å². The Kier molecular flexibility index (Phi) is 8.63. The molecule has 1 aliphatic rings. The van der Waals surface area contributed by atoms with Crippen LogP contribution in [0.5, 0.6) is 0 Å². The summed E-state index contributed by atoms with van der Waals surface area (Å²) in [4.78, 5) is 11.5. The smallest absolute Gasteiger partial charge is 0.191 e. The van der Waals surface area contributed by atoms with Gasteiger partial charge in [-0.3, -0.25) is 4.98 Å². The third kappa shape index (κ3) is 6.24. The van der Waals surface area contributed by atoms with Gasteiger partial charge in [-0.2, -0.15) is 0 Å². The van der Waals surface area contributed by atoms with Crippen molar-refractivity contribution in [3.05, 3.63) is 58.9 Å². The van der Waals surface area contributed by atoms with E-state index in [0.29, 0.717) is 12.6 Å². The van der Waals surface area contributed by atoms with Crippen LogP contribution in [-0.4, -0.2) is 36.6 Å². The van der Waals surface area contributed by atoms with Crippen molar-refractivity contribution in [1.29, 1.82) is 0 Å². The number of anilines is 1. The number of benzene rings is 1. The van der Waals surface area contributed by atoms with Crippen molar-refractivity contribution in [2.75, 3.05) is 24.5 Å². The fourth-order valence-electron chi connectivity index (χ4n) is 3.14. The summed E-state index contributed by atoms with van der Waals surface area (Å²) >= 11 is 6.12. The van der Waals surface area contributed by atoms with E-state index in [0.717, 1.165) is 42.7 Å². The number of hydrogen-bond donors (Lipinski definition) is 2. The van der Waals surface area contributed by atoms with Crippen molar-refractivity contribution in [2.45, 2.75) is 32.9 Å². The third-order valence-electron chi connectivity index (χ3n) is 4.55. The number of aryl methyl sites for hydroxylation is 1. The zero-order chi connectivity index (χ0) is 18.4. The zero-order valence-electron chi connectivity index (χ0n) is 15.8. The number of pyridine rings is 1. The SMILES string of the molecule is CCNC(=NCc1ncccc1C)NC1CCN(c2cccc(Cl)c2)C1.I. The van der Waals surface area contributed by atoms with E-state index in [9.17, 15) is 0 Å². The lowest BCUT2D eigenvalue weighted by molar-refractivity contribution is 0.648. The highest BCUT2D eigenvalue weighted by molar-refractivity contribution is 14.0. The average molecular weight is 500 g/mol. The van der Waals surface area contributed by atoms with Gasteiger partial charge in [-0.15, -0.1) is 24.0 Å². The van der Waals surface area contributed by atoms with E-state index in [1.165, 1.54) is 11.3 Å². The van der Waals surface area contributed by atoms with E-state index in [1.807, 2.05) is 30.5 Å². The lowest BCUT2D eigenvalue weighted by Gasteiger charge is -2.20. The molecule has 1 aromatic carbocycles. The first-order valence-corrected chi connectivity index (χ1v) is 9.49. The monoisotopic (exact) mass is 499 g/mol. The van der Waals surface area contributed by atoms with Gasteiger partial charge in [-0.05, 0) is 50.1 Å². The van der Waals surface area contributed by atoms with Crippen LogP contribution in [0.1, 0.15) is 24.6 Å². The van der Waals surface area contributed by atoms with Gasteiger partial charge in [-0.1, -0.05) is 23.7 Å². The van der Waals surface area contributed by atoms with E-state index in [2.05, 4.69) is 46.5 Å². The molecule has 0 spiro atoms. The summed E-state index contributed by atoms with van der Waals surface area (Å²) in [6.45, 7) is 7.50. The fourth-order valence-corrected chi connectivity index (χ4v) is 3.32. The molecule has 2 heterocycles. The predicted molar refractivity (Wildman–Crippen MR) is 124 cm³/mol. The Morgan fingerprint density at radius 2 is 2.19 bits per heavy atom. The molecule has 146 valence electrons. The maximum atomic E-state index is 6.12. The van der Waals surface area contributed by atoms with Crippen LogP contribution in [-0.2, 0) is 6.54 Å². The Morgan fingerprint density at radius 1 is 1.33 bits per heavy atom. The van der Waals surface area contributed by atoms with Gasteiger partial charge in [0, 0.05) is 42.6 Å². The van der Waals surface area contributed by atoms with Gasteiger partial charge in [0.25, 0.3) is 0 Å². The van der Waals surface area contributed by atoms with Crippen molar-refractivity contribution >= 4 is 47.2 Å². The summed E-state index contributed by atoms with van der Waals surface area (Å²) in [5, 5.41) is 7.67. The standard InChI is InChI=1S/C20H26ClN5.HI/c1-3-22-20(24-13-19-15(2)6-5-10-23-19)25-17-9-11-26(14-17)18-8-4-7-16(21)12-18;/h4-8,10,12,17H,3,9,11,13-14H2,1-2H3,(H2,22,24,25);1H. The molecule has 27 heavy (non-hydrogen) atoms. The van der Waals surface area contributed by atoms with Crippen LogP contribution >= 0.6 is 35.6 Å². The topological polar surface area (TPSA) is 52.6 Å². The first-order chi connectivity index (χ1) is 12.7.